The maximum absolute atomic E-state index is 11.9. The van der Waals surface area contributed by atoms with Gasteiger partial charge in [0.05, 0.1) is 5.69 Å². The van der Waals surface area contributed by atoms with Crippen LogP contribution in [0.5, 0.6) is 0 Å². The van der Waals surface area contributed by atoms with Crippen molar-refractivity contribution in [2.45, 2.75) is 26.2 Å². The van der Waals surface area contributed by atoms with Gasteiger partial charge < -0.3 is 10.6 Å². The third kappa shape index (κ3) is 5.78. The maximum Gasteiger partial charge on any atom is 0.258 e. The van der Waals surface area contributed by atoms with Crippen LogP contribution in [-0.2, 0) is 24.6 Å². The predicted molar refractivity (Wildman–Crippen MR) is 142 cm³/mol. The van der Waals surface area contributed by atoms with E-state index in [9.17, 15) is 19.2 Å². The molecule has 4 amide bonds. The summed E-state index contributed by atoms with van der Waals surface area (Å²) in [6.07, 6.45) is 10.9. The van der Waals surface area contributed by atoms with Crippen LogP contribution < -0.4 is 15.5 Å². The lowest BCUT2D eigenvalue weighted by Gasteiger charge is -2.19. The molecular weight excluding hydrogens is 486 g/mol. The Morgan fingerprint density at radius 2 is 1.42 bits per heavy atom. The van der Waals surface area contributed by atoms with Gasteiger partial charge >= 0.3 is 0 Å². The monoisotopic (exact) mass is 511 g/mol. The van der Waals surface area contributed by atoms with Crippen LogP contribution >= 0.6 is 0 Å². The van der Waals surface area contributed by atoms with Crippen molar-refractivity contribution in [2.24, 2.45) is 0 Å². The summed E-state index contributed by atoms with van der Waals surface area (Å²) in [5, 5.41) is 6.19. The molecule has 0 bridgehead atoms. The molecule has 0 unspecified atom stereocenters. The first-order valence-corrected chi connectivity index (χ1v) is 11.6. The zero-order valence-electron chi connectivity index (χ0n) is 21.0. The van der Waals surface area contributed by atoms with Crippen LogP contribution in [0.1, 0.15) is 26.6 Å². The molecule has 2 N–H and O–H groups in total. The van der Waals surface area contributed by atoms with E-state index in [1.54, 1.807) is 36.4 Å². The number of hydrogen-bond donors (Lipinski definition) is 2. The van der Waals surface area contributed by atoms with E-state index in [4.69, 9.17) is 0 Å². The van der Waals surface area contributed by atoms with Crippen molar-refractivity contribution in [3.05, 3.63) is 91.1 Å². The molecule has 2 aliphatic heterocycles. The van der Waals surface area contributed by atoms with Gasteiger partial charge in [0.2, 0.25) is 11.9 Å². The van der Waals surface area contributed by atoms with E-state index in [1.165, 1.54) is 36.6 Å². The van der Waals surface area contributed by atoms with Crippen molar-refractivity contribution >= 4 is 46.9 Å². The summed E-state index contributed by atoms with van der Waals surface area (Å²) in [5.74, 6) is -0.582. The predicted octanol–water partition coefficient (Wildman–Crippen LogP) is 3.26. The molecule has 192 valence electrons. The molecule has 2 aliphatic rings. The normalized spacial score (nSPS) is 15.8. The number of imide groups is 2. The van der Waals surface area contributed by atoms with Gasteiger partial charge in [-0.3, -0.25) is 24.1 Å². The molecule has 0 saturated heterocycles. The topological polar surface area (TPSA) is 137 Å². The van der Waals surface area contributed by atoms with E-state index in [2.05, 4.69) is 32.2 Å². The minimum absolute atomic E-state index is 0.248. The zero-order valence-corrected chi connectivity index (χ0v) is 21.0. The first kappa shape index (κ1) is 25.9. The molecule has 0 spiro atoms. The largest absolute Gasteiger partial charge is 0.324 e. The number of nitrogens with zero attached hydrogens (tertiary/aromatic N) is 5. The number of aromatic nitrogens is 3. The van der Waals surface area contributed by atoms with Crippen LogP contribution in [-0.4, -0.2) is 43.5 Å². The zero-order chi connectivity index (χ0) is 27.4. The van der Waals surface area contributed by atoms with Gasteiger partial charge in [0.25, 0.3) is 23.6 Å². The molecule has 0 saturated carbocycles. The summed E-state index contributed by atoms with van der Waals surface area (Å²) < 4.78 is 0. The highest BCUT2D eigenvalue weighted by Crippen LogP contribution is 2.25. The first-order valence-electron chi connectivity index (χ1n) is 11.6. The number of rotatable bonds is 8. The Balaban J connectivity index is 1.54. The average molecular weight is 512 g/mol. The third-order valence-corrected chi connectivity index (χ3v) is 5.33. The summed E-state index contributed by atoms with van der Waals surface area (Å²) >= 11 is 0. The van der Waals surface area contributed by atoms with Crippen LogP contribution in [0.3, 0.4) is 0 Å². The average Bonchev–Trinajstić information content (AvgIpc) is 3.38. The van der Waals surface area contributed by atoms with Crippen LogP contribution in [0.15, 0.2) is 85.3 Å². The van der Waals surface area contributed by atoms with Crippen LogP contribution in [0, 0.1) is 0 Å². The quantitative estimate of drug-likeness (QED) is 0.404. The highest BCUT2D eigenvalue weighted by Gasteiger charge is 2.25. The molecule has 0 atom stereocenters. The second-order valence-corrected chi connectivity index (χ2v) is 9.25. The fourth-order valence-corrected chi connectivity index (χ4v) is 3.38. The van der Waals surface area contributed by atoms with Crippen molar-refractivity contribution < 1.29 is 19.2 Å². The van der Waals surface area contributed by atoms with Gasteiger partial charge in [-0.05, 0) is 42.5 Å². The number of anilines is 4. The number of carbonyl (C=O) groups is 4. The second kappa shape index (κ2) is 10.4. The van der Waals surface area contributed by atoms with Gasteiger partial charge in [-0.2, -0.15) is 15.0 Å². The molecule has 38 heavy (non-hydrogen) atoms. The van der Waals surface area contributed by atoms with E-state index in [1.807, 2.05) is 20.8 Å². The molecule has 4 rings (SSSR count). The number of benzene rings is 1. The smallest absolute Gasteiger partial charge is 0.258 e. The Morgan fingerprint density at radius 1 is 0.842 bits per heavy atom. The van der Waals surface area contributed by atoms with E-state index < -0.39 is 29.0 Å². The lowest BCUT2D eigenvalue weighted by atomic mass is 9.96. The van der Waals surface area contributed by atoms with E-state index in [-0.39, 0.29) is 11.9 Å². The van der Waals surface area contributed by atoms with Crippen molar-refractivity contribution in [1.29, 1.82) is 0 Å². The summed E-state index contributed by atoms with van der Waals surface area (Å²) in [7, 11) is 0. The lowest BCUT2D eigenvalue weighted by Crippen LogP contribution is -2.29. The summed E-state index contributed by atoms with van der Waals surface area (Å²) in [6.45, 7) is 9.68. The van der Waals surface area contributed by atoms with Crippen molar-refractivity contribution in [3.8, 4) is 0 Å². The number of amides is 4. The fraction of sp³-hybridized carbons (Fsp3) is 0.148. The molecule has 1 aromatic heterocycles. The van der Waals surface area contributed by atoms with Crippen molar-refractivity contribution in [1.82, 2.24) is 19.9 Å². The van der Waals surface area contributed by atoms with E-state index >= 15 is 0 Å². The van der Waals surface area contributed by atoms with Gasteiger partial charge in [-0.15, -0.1) is 0 Å². The van der Waals surface area contributed by atoms with Crippen LogP contribution in [0.25, 0.3) is 0 Å². The standard InChI is InChI=1S/C27H25N7O4/c1-5-17(7-6-16-33-20(35)12-13-21(33)36)28-25-30-24(27(2,3)4)31-26(32-25)29-18-8-10-19(11-9-18)34-22(37)14-15-23(34)38/h5-16H,1H2,2-4H3,(H2,28,29,30,31,32)/b16-6+,17-7+. The fourth-order valence-electron chi connectivity index (χ4n) is 3.38. The Labute approximate surface area is 219 Å². The number of nitrogens with one attached hydrogen (secondary N) is 2. The maximum atomic E-state index is 11.9. The Hall–Kier alpha value is -5.19. The summed E-state index contributed by atoms with van der Waals surface area (Å²) in [6, 6.07) is 6.70. The second-order valence-electron chi connectivity index (χ2n) is 9.25. The summed E-state index contributed by atoms with van der Waals surface area (Å²) in [4.78, 5) is 62.8. The van der Waals surface area contributed by atoms with Gasteiger partial charge in [-0.1, -0.05) is 27.4 Å². The van der Waals surface area contributed by atoms with Gasteiger partial charge in [0.15, 0.2) is 0 Å². The van der Waals surface area contributed by atoms with Crippen LogP contribution in [0.2, 0.25) is 0 Å². The minimum Gasteiger partial charge on any atom is -0.324 e. The molecule has 3 heterocycles. The number of carbonyl (C=O) groups excluding carboxylic acids is 4. The lowest BCUT2D eigenvalue weighted by molar-refractivity contribution is -0.133. The highest BCUT2D eigenvalue weighted by molar-refractivity contribution is 6.28. The van der Waals surface area contributed by atoms with Crippen LogP contribution in [0.4, 0.5) is 23.3 Å². The van der Waals surface area contributed by atoms with Crippen molar-refractivity contribution in [3.63, 3.8) is 0 Å². The molecule has 0 fully saturated rings. The Kier molecular flexibility index (Phi) is 7.10. The third-order valence-electron chi connectivity index (χ3n) is 5.33. The molecule has 2 aromatic rings. The summed E-state index contributed by atoms with van der Waals surface area (Å²) in [5.41, 5.74) is 1.20. The Bertz CT molecular complexity index is 1410. The van der Waals surface area contributed by atoms with E-state index in [0.717, 1.165) is 9.80 Å². The van der Waals surface area contributed by atoms with Gasteiger partial charge in [-0.25, -0.2) is 4.90 Å². The van der Waals surface area contributed by atoms with Gasteiger partial charge in [0.1, 0.15) is 5.82 Å². The van der Waals surface area contributed by atoms with E-state index in [0.29, 0.717) is 22.9 Å². The first-order chi connectivity index (χ1) is 18.0. The molecule has 0 radical (unpaired) electrons. The number of hydrogen-bond acceptors (Lipinski definition) is 9. The molecule has 0 aliphatic carbocycles. The highest BCUT2D eigenvalue weighted by atomic mass is 16.2. The molecular formula is C27H25N7O4. The Morgan fingerprint density at radius 3 is 2.00 bits per heavy atom. The van der Waals surface area contributed by atoms with Gasteiger partial charge in [0, 0.05) is 47.3 Å². The molecule has 1 aromatic carbocycles. The molecule has 11 nitrogen and oxygen atoms in total. The molecule has 11 heteroatoms. The number of allylic oxidation sites excluding steroid dienone is 3. The van der Waals surface area contributed by atoms with Crippen molar-refractivity contribution in [2.75, 3.05) is 15.5 Å². The SMILES string of the molecule is C=C/C(=C\C=C\N1C(=O)C=CC1=O)Nc1nc(Nc2ccc(N3C(=O)C=CC3=O)cc2)nc(C(C)(C)C)n1. The minimum atomic E-state index is -0.418.